The number of carbonyl (C=O) groups is 1. The van der Waals surface area contributed by atoms with Crippen LogP contribution in [0.25, 0.3) is 0 Å². The van der Waals surface area contributed by atoms with Gasteiger partial charge in [-0.05, 0) is 24.8 Å². The Labute approximate surface area is 107 Å². The molecule has 3 unspecified atom stereocenters. The summed E-state index contributed by atoms with van der Waals surface area (Å²) in [5.41, 5.74) is 1.15. The van der Waals surface area contributed by atoms with Gasteiger partial charge in [0.1, 0.15) is 0 Å². The highest BCUT2D eigenvalue weighted by Crippen LogP contribution is 2.28. The van der Waals surface area contributed by atoms with E-state index in [1.807, 2.05) is 30.3 Å². The lowest BCUT2D eigenvalue weighted by Gasteiger charge is -2.36. The third kappa shape index (κ3) is 3.09. The van der Waals surface area contributed by atoms with Gasteiger partial charge >= 0.3 is 5.97 Å². The first-order valence-corrected chi connectivity index (χ1v) is 6.34. The molecule has 1 aliphatic rings. The molecule has 1 fully saturated rings. The van der Waals surface area contributed by atoms with Gasteiger partial charge in [0.2, 0.25) is 0 Å². The Morgan fingerprint density at radius 1 is 1.33 bits per heavy atom. The van der Waals surface area contributed by atoms with Gasteiger partial charge in [-0.25, -0.2) is 0 Å². The summed E-state index contributed by atoms with van der Waals surface area (Å²) in [6.07, 6.45) is 2.33. The molecule has 1 aromatic carbocycles. The minimum Gasteiger partial charge on any atom is -0.481 e. The number of aliphatic hydroxyl groups excluding tert-OH is 1. The third-order valence-corrected chi connectivity index (χ3v) is 3.59. The van der Waals surface area contributed by atoms with Gasteiger partial charge in [0.05, 0.1) is 12.5 Å². The fourth-order valence-electron chi connectivity index (χ4n) is 2.37. The number of benzene rings is 1. The quantitative estimate of drug-likeness (QED) is 0.704. The SMILES string of the molecule is O=C(O)C1CCC1NC(CO)Cc1ccccc1. The van der Waals surface area contributed by atoms with Crippen LogP contribution in [0.3, 0.4) is 0 Å². The molecule has 4 nitrogen and oxygen atoms in total. The fourth-order valence-corrected chi connectivity index (χ4v) is 2.37. The van der Waals surface area contributed by atoms with Crippen molar-refractivity contribution in [3.05, 3.63) is 35.9 Å². The molecule has 2 rings (SSSR count). The smallest absolute Gasteiger partial charge is 0.308 e. The van der Waals surface area contributed by atoms with Crippen LogP contribution in [-0.4, -0.2) is 34.9 Å². The monoisotopic (exact) mass is 249 g/mol. The molecule has 1 aliphatic carbocycles. The van der Waals surface area contributed by atoms with Gasteiger partial charge < -0.3 is 15.5 Å². The molecule has 0 radical (unpaired) electrons. The van der Waals surface area contributed by atoms with Crippen LogP contribution in [-0.2, 0) is 11.2 Å². The number of aliphatic carboxylic acids is 1. The van der Waals surface area contributed by atoms with Crippen molar-refractivity contribution < 1.29 is 15.0 Å². The number of rotatable bonds is 6. The number of hydrogen-bond donors (Lipinski definition) is 3. The Morgan fingerprint density at radius 3 is 2.56 bits per heavy atom. The van der Waals surface area contributed by atoms with Crippen LogP contribution in [0.2, 0.25) is 0 Å². The summed E-state index contributed by atoms with van der Waals surface area (Å²) < 4.78 is 0. The topological polar surface area (TPSA) is 69.6 Å². The van der Waals surface area contributed by atoms with Crippen LogP contribution in [0.1, 0.15) is 18.4 Å². The molecule has 0 aromatic heterocycles. The van der Waals surface area contributed by atoms with E-state index in [4.69, 9.17) is 5.11 Å². The van der Waals surface area contributed by atoms with Crippen LogP contribution < -0.4 is 5.32 Å². The zero-order chi connectivity index (χ0) is 13.0. The van der Waals surface area contributed by atoms with Crippen molar-refractivity contribution in [1.29, 1.82) is 0 Å². The number of hydrogen-bond acceptors (Lipinski definition) is 3. The molecule has 0 heterocycles. The molecule has 3 N–H and O–H groups in total. The van der Waals surface area contributed by atoms with Gasteiger partial charge in [-0.15, -0.1) is 0 Å². The summed E-state index contributed by atoms with van der Waals surface area (Å²) in [4.78, 5) is 10.9. The highest BCUT2D eigenvalue weighted by molar-refractivity contribution is 5.72. The fraction of sp³-hybridized carbons (Fsp3) is 0.500. The van der Waals surface area contributed by atoms with Crippen molar-refractivity contribution in [2.24, 2.45) is 5.92 Å². The van der Waals surface area contributed by atoms with E-state index < -0.39 is 5.97 Å². The minimum absolute atomic E-state index is 0.00311. The molecular weight excluding hydrogens is 230 g/mol. The Bertz CT molecular complexity index is 393. The first-order chi connectivity index (χ1) is 8.70. The van der Waals surface area contributed by atoms with Crippen molar-refractivity contribution in [2.45, 2.75) is 31.3 Å². The second kappa shape index (κ2) is 5.98. The molecule has 1 aromatic rings. The summed E-state index contributed by atoms with van der Waals surface area (Å²) in [6, 6.07) is 9.85. The molecule has 4 heteroatoms. The molecule has 0 spiro atoms. The van der Waals surface area contributed by atoms with Crippen LogP contribution >= 0.6 is 0 Å². The summed E-state index contributed by atoms with van der Waals surface area (Å²) in [5.74, 6) is -1.04. The third-order valence-electron chi connectivity index (χ3n) is 3.59. The van der Waals surface area contributed by atoms with E-state index in [9.17, 15) is 9.90 Å². The molecule has 18 heavy (non-hydrogen) atoms. The van der Waals surface area contributed by atoms with Crippen molar-refractivity contribution in [3.63, 3.8) is 0 Å². The Morgan fingerprint density at radius 2 is 2.06 bits per heavy atom. The highest BCUT2D eigenvalue weighted by atomic mass is 16.4. The number of aliphatic hydroxyl groups is 1. The van der Waals surface area contributed by atoms with Crippen molar-refractivity contribution in [3.8, 4) is 0 Å². The first kappa shape index (κ1) is 13.1. The normalized spacial score (nSPS) is 24.3. The van der Waals surface area contributed by atoms with E-state index in [1.165, 1.54) is 0 Å². The van der Waals surface area contributed by atoms with Gasteiger partial charge in [-0.2, -0.15) is 0 Å². The number of carboxylic acids is 1. The Kier molecular flexibility index (Phi) is 4.33. The van der Waals surface area contributed by atoms with Crippen molar-refractivity contribution >= 4 is 5.97 Å². The van der Waals surface area contributed by atoms with E-state index in [2.05, 4.69) is 5.32 Å². The lowest BCUT2D eigenvalue weighted by Crippen LogP contribution is -2.53. The molecule has 0 saturated heterocycles. The van der Waals surface area contributed by atoms with Gasteiger partial charge in [0.25, 0.3) is 0 Å². The maximum atomic E-state index is 10.9. The maximum Gasteiger partial charge on any atom is 0.308 e. The molecule has 0 amide bonds. The predicted octanol–water partition coefficient (Wildman–Crippen LogP) is 1.04. The standard InChI is InChI=1S/C14H19NO3/c16-9-11(8-10-4-2-1-3-5-10)15-13-7-6-12(13)14(17)18/h1-5,11-13,15-16H,6-9H2,(H,17,18). The number of carboxylic acid groups (broad SMARTS) is 1. The van der Waals surface area contributed by atoms with E-state index in [-0.39, 0.29) is 24.6 Å². The molecule has 98 valence electrons. The van der Waals surface area contributed by atoms with E-state index in [1.54, 1.807) is 0 Å². The minimum atomic E-state index is -0.741. The molecular formula is C14H19NO3. The van der Waals surface area contributed by atoms with Crippen LogP contribution in [0.15, 0.2) is 30.3 Å². The molecule has 1 saturated carbocycles. The number of nitrogens with one attached hydrogen (secondary N) is 1. The zero-order valence-corrected chi connectivity index (χ0v) is 10.2. The summed E-state index contributed by atoms with van der Waals surface area (Å²) in [7, 11) is 0. The van der Waals surface area contributed by atoms with Crippen LogP contribution in [0, 0.1) is 5.92 Å². The van der Waals surface area contributed by atoms with E-state index in [0.29, 0.717) is 0 Å². The van der Waals surface area contributed by atoms with Gasteiger partial charge in [0.15, 0.2) is 0 Å². The van der Waals surface area contributed by atoms with Gasteiger partial charge in [-0.3, -0.25) is 4.79 Å². The second-order valence-electron chi connectivity index (χ2n) is 4.86. The summed E-state index contributed by atoms with van der Waals surface area (Å²) >= 11 is 0. The summed E-state index contributed by atoms with van der Waals surface area (Å²) in [5, 5.41) is 21.6. The zero-order valence-electron chi connectivity index (χ0n) is 10.2. The highest BCUT2D eigenvalue weighted by Gasteiger charge is 2.37. The van der Waals surface area contributed by atoms with Crippen molar-refractivity contribution in [1.82, 2.24) is 5.32 Å². The van der Waals surface area contributed by atoms with Gasteiger partial charge in [0, 0.05) is 12.1 Å². The largest absolute Gasteiger partial charge is 0.481 e. The van der Waals surface area contributed by atoms with E-state index in [0.717, 1.165) is 24.8 Å². The Balaban J connectivity index is 1.88. The predicted molar refractivity (Wildman–Crippen MR) is 68.3 cm³/mol. The van der Waals surface area contributed by atoms with Crippen molar-refractivity contribution in [2.75, 3.05) is 6.61 Å². The first-order valence-electron chi connectivity index (χ1n) is 6.34. The van der Waals surface area contributed by atoms with Gasteiger partial charge in [-0.1, -0.05) is 30.3 Å². The maximum absolute atomic E-state index is 10.9. The van der Waals surface area contributed by atoms with E-state index >= 15 is 0 Å². The average Bonchev–Trinajstić information content (AvgIpc) is 2.33. The lowest BCUT2D eigenvalue weighted by molar-refractivity contribution is -0.146. The molecule has 0 aliphatic heterocycles. The summed E-state index contributed by atoms with van der Waals surface area (Å²) in [6.45, 7) is 0.0255. The van der Waals surface area contributed by atoms with Crippen LogP contribution in [0.5, 0.6) is 0 Å². The second-order valence-corrected chi connectivity index (χ2v) is 4.86. The van der Waals surface area contributed by atoms with Crippen LogP contribution in [0.4, 0.5) is 0 Å². The lowest BCUT2D eigenvalue weighted by atomic mass is 9.79. The average molecular weight is 249 g/mol. The molecule has 0 bridgehead atoms. The Hall–Kier alpha value is -1.39. The molecule has 3 atom stereocenters.